The number of carbonyl (C=O) groups excluding carboxylic acids is 1. The average molecular weight is 607 g/mol. The van der Waals surface area contributed by atoms with Crippen LogP contribution in [0, 0.1) is 10.2 Å². The molecule has 0 fully saturated rings. The van der Waals surface area contributed by atoms with Crippen molar-refractivity contribution < 1.29 is 38.4 Å². The predicted molar refractivity (Wildman–Crippen MR) is 144 cm³/mol. The predicted octanol–water partition coefficient (Wildman–Crippen LogP) is 1.27. The van der Waals surface area contributed by atoms with Crippen LogP contribution in [0.2, 0.25) is 0 Å². The molecule has 0 aliphatic heterocycles. The fraction of sp³-hybridized carbons (Fsp3) is 0.0357. The van der Waals surface area contributed by atoms with E-state index in [2.05, 4.69) is 41.7 Å². The number of ether oxygens (including phenoxy) is 1. The SMILES string of the molecule is COc1ccc(C(=O)NC(=C(Cl)Cl)[P+](c2ccccc2)(c2ccccc2)c2ccccc2)cc1.[O-][Cl+3]([O-])([O-])[O-]. The van der Waals surface area contributed by atoms with Crippen molar-refractivity contribution in [1.82, 2.24) is 5.32 Å². The van der Waals surface area contributed by atoms with Gasteiger partial charge in [0.2, 0.25) is 5.44 Å². The summed E-state index contributed by atoms with van der Waals surface area (Å²) in [6, 6.07) is 37.1. The monoisotopic (exact) mass is 605 g/mol. The van der Waals surface area contributed by atoms with Crippen LogP contribution in [0.25, 0.3) is 0 Å². The minimum absolute atomic E-state index is 0.0201. The first-order valence-corrected chi connectivity index (χ1v) is 15.0. The third-order valence-corrected chi connectivity index (χ3v) is 10.4. The van der Waals surface area contributed by atoms with E-state index in [4.69, 9.17) is 46.6 Å². The molecule has 7 nitrogen and oxygen atoms in total. The minimum Gasteiger partial charge on any atom is -0.497 e. The number of nitrogens with one attached hydrogen (secondary N) is 1. The molecule has 202 valence electrons. The van der Waals surface area contributed by atoms with Gasteiger partial charge in [-0.25, -0.2) is 18.6 Å². The average Bonchev–Trinajstić information content (AvgIpc) is 2.93. The third-order valence-electron chi connectivity index (χ3n) is 5.53. The Labute approximate surface area is 239 Å². The van der Waals surface area contributed by atoms with Crippen LogP contribution in [0.15, 0.2) is 125 Å². The summed E-state index contributed by atoms with van der Waals surface area (Å²) in [7, 11) is -6.01. The zero-order valence-corrected chi connectivity index (χ0v) is 23.7. The van der Waals surface area contributed by atoms with Crippen molar-refractivity contribution in [2.45, 2.75) is 0 Å². The van der Waals surface area contributed by atoms with Gasteiger partial charge in [0.25, 0.3) is 5.91 Å². The highest BCUT2D eigenvalue weighted by Gasteiger charge is 2.52. The Morgan fingerprint density at radius 1 is 0.692 bits per heavy atom. The molecule has 4 aromatic carbocycles. The molecule has 0 spiro atoms. The van der Waals surface area contributed by atoms with Gasteiger partial charge in [-0.1, -0.05) is 77.8 Å². The smallest absolute Gasteiger partial charge is 0.258 e. The van der Waals surface area contributed by atoms with Crippen LogP contribution < -0.4 is 44.6 Å². The normalized spacial score (nSPS) is 11.1. The lowest BCUT2D eigenvalue weighted by molar-refractivity contribution is -2.00. The van der Waals surface area contributed by atoms with Gasteiger partial charge in [-0.3, -0.25) is 10.1 Å². The molecule has 0 atom stereocenters. The molecule has 1 amide bonds. The van der Waals surface area contributed by atoms with E-state index in [0.29, 0.717) is 16.8 Å². The van der Waals surface area contributed by atoms with E-state index in [-0.39, 0.29) is 10.4 Å². The largest absolute Gasteiger partial charge is 0.497 e. The van der Waals surface area contributed by atoms with Crippen LogP contribution in [0.4, 0.5) is 0 Å². The van der Waals surface area contributed by atoms with Gasteiger partial charge in [-0.2, -0.15) is 0 Å². The topological polar surface area (TPSA) is 131 Å². The fourth-order valence-electron chi connectivity index (χ4n) is 3.97. The number of rotatable bonds is 7. The van der Waals surface area contributed by atoms with Gasteiger partial charge < -0.3 is 4.74 Å². The van der Waals surface area contributed by atoms with Gasteiger partial charge in [0.05, 0.1) is 7.11 Å². The van der Waals surface area contributed by atoms with E-state index in [1.165, 1.54) is 0 Å². The van der Waals surface area contributed by atoms with Crippen LogP contribution in [-0.2, 0) is 0 Å². The fourth-order valence-corrected chi connectivity index (χ4v) is 8.87. The molecule has 11 heteroatoms. The second-order valence-electron chi connectivity index (χ2n) is 7.85. The lowest BCUT2D eigenvalue weighted by Crippen LogP contribution is -2.68. The lowest BCUT2D eigenvalue weighted by atomic mass is 10.2. The zero-order valence-electron chi connectivity index (χ0n) is 20.5. The van der Waals surface area contributed by atoms with E-state index >= 15 is 0 Å². The van der Waals surface area contributed by atoms with Crippen molar-refractivity contribution in [1.29, 1.82) is 0 Å². The first kappa shape index (κ1) is 30.6. The maximum absolute atomic E-state index is 13.4. The van der Waals surface area contributed by atoms with Crippen molar-refractivity contribution in [2.75, 3.05) is 7.11 Å². The first-order valence-electron chi connectivity index (χ1n) is 11.3. The number of methoxy groups -OCH3 is 1. The van der Waals surface area contributed by atoms with E-state index in [0.717, 1.165) is 15.9 Å². The van der Waals surface area contributed by atoms with Crippen molar-refractivity contribution in [3.05, 3.63) is 131 Å². The molecule has 4 aromatic rings. The maximum atomic E-state index is 13.4. The van der Waals surface area contributed by atoms with E-state index in [1.54, 1.807) is 31.4 Å². The summed E-state index contributed by atoms with van der Waals surface area (Å²) < 4.78 is 39.2. The van der Waals surface area contributed by atoms with Gasteiger partial charge in [-0.15, -0.1) is 10.2 Å². The molecule has 4 rings (SSSR count). The van der Waals surface area contributed by atoms with Gasteiger partial charge in [0, 0.05) is 5.56 Å². The van der Waals surface area contributed by atoms with Gasteiger partial charge >= 0.3 is 0 Å². The molecule has 1 N–H and O–H groups in total. The Morgan fingerprint density at radius 3 is 1.36 bits per heavy atom. The highest BCUT2D eigenvalue weighted by Crippen LogP contribution is 2.63. The Kier molecular flexibility index (Phi) is 10.9. The first-order chi connectivity index (χ1) is 18.6. The van der Waals surface area contributed by atoms with Gasteiger partial charge in [0.1, 0.15) is 21.7 Å². The van der Waals surface area contributed by atoms with Gasteiger partial charge in [0.15, 0.2) is 11.8 Å². The van der Waals surface area contributed by atoms with E-state index in [9.17, 15) is 4.79 Å². The molecule has 0 aromatic heterocycles. The Hall–Kier alpha value is -2.97. The van der Waals surface area contributed by atoms with Crippen LogP contribution in [-0.4, -0.2) is 13.0 Å². The number of amides is 1. The van der Waals surface area contributed by atoms with Crippen molar-refractivity contribution in [2.24, 2.45) is 0 Å². The highest BCUT2D eigenvalue weighted by molar-refractivity contribution is 7.99. The van der Waals surface area contributed by atoms with Crippen molar-refractivity contribution >= 4 is 52.3 Å². The van der Waals surface area contributed by atoms with E-state index < -0.39 is 17.5 Å². The Balaban J connectivity index is 0.000000771. The van der Waals surface area contributed by atoms with Gasteiger partial charge in [-0.05, 0) is 60.7 Å². The van der Waals surface area contributed by atoms with Crippen LogP contribution in [0.5, 0.6) is 5.75 Å². The summed E-state index contributed by atoms with van der Waals surface area (Å²) >= 11 is 13.2. The van der Waals surface area contributed by atoms with Crippen LogP contribution in [0.3, 0.4) is 0 Å². The number of carbonyl (C=O) groups is 1. The number of halogens is 3. The third kappa shape index (κ3) is 8.02. The highest BCUT2D eigenvalue weighted by atomic mass is 35.7. The zero-order chi connectivity index (χ0) is 28.5. The lowest BCUT2D eigenvalue weighted by Gasteiger charge is -2.29. The second kappa shape index (κ2) is 13.9. The van der Waals surface area contributed by atoms with Crippen LogP contribution in [0.1, 0.15) is 10.4 Å². The standard InChI is InChI=1S/C28H22Cl2NO2P.ClHO4/c1-33-22-19-17-21(18-20-22)27(32)31-28(26(29)30)34(23-11-5-2-6-12-23,24-13-7-3-8-14-24)25-15-9-4-10-16-25;2-1(3,4)5/h2-20H,1H3;(H,2,3,4,5). The Bertz CT molecular complexity index is 1280. The van der Waals surface area contributed by atoms with Crippen molar-refractivity contribution in [3.63, 3.8) is 0 Å². The van der Waals surface area contributed by atoms with E-state index in [1.807, 2.05) is 54.6 Å². The summed E-state index contributed by atoms with van der Waals surface area (Å²) in [6.07, 6.45) is 0. The maximum Gasteiger partial charge on any atom is 0.258 e. The molecule has 0 saturated carbocycles. The van der Waals surface area contributed by atoms with Crippen LogP contribution >= 0.6 is 30.5 Å². The quantitative estimate of drug-likeness (QED) is 0.316. The summed E-state index contributed by atoms with van der Waals surface area (Å²) in [4.78, 5) is 13.4. The summed E-state index contributed by atoms with van der Waals surface area (Å²) in [5.74, 6) is 0.367. The molecule has 39 heavy (non-hydrogen) atoms. The molecular weight excluding hydrogens is 584 g/mol. The second-order valence-corrected chi connectivity index (χ2v) is 12.9. The molecule has 0 aliphatic carbocycles. The number of hydrogen-bond donors (Lipinski definition) is 1. The summed E-state index contributed by atoms with van der Waals surface area (Å²) in [6.45, 7) is 0. The molecule has 0 radical (unpaired) electrons. The molecule has 0 aliphatic rings. The molecular formula is C28H23Cl3NO6P. The number of benzene rings is 4. The summed E-state index contributed by atoms with van der Waals surface area (Å²) in [5, 5.41) is 6.16. The van der Waals surface area contributed by atoms with Crippen molar-refractivity contribution in [3.8, 4) is 5.75 Å². The molecule has 0 heterocycles. The Morgan fingerprint density at radius 2 is 1.05 bits per heavy atom. The molecule has 0 unspecified atom stereocenters. The molecule has 0 bridgehead atoms. The minimum atomic E-state index is -4.94. The summed E-state index contributed by atoms with van der Waals surface area (Å²) in [5.41, 5.74) is 0.959. The molecule has 0 saturated heterocycles. The number of hydrogen-bond acceptors (Lipinski definition) is 6.